The first-order valence-electron chi connectivity index (χ1n) is 6.32. The lowest BCUT2D eigenvalue weighted by Gasteiger charge is -2.37. The highest BCUT2D eigenvalue weighted by atomic mass is 32.2. The molecule has 0 spiro atoms. The molecule has 2 rings (SSSR count). The summed E-state index contributed by atoms with van der Waals surface area (Å²) in [5.74, 6) is 0.815. The third-order valence-electron chi connectivity index (χ3n) is 3.24. The maximum Gasteiger partial charge on any atom is 0.137 e. The van der Waals surface area contributed by atoms with Crippen molar-refractivity contribution in [1.29, 1.82) is 0 Å². The summed E-state index contributed by atoms with van der Waals surface area (Å²) in [7, 11) is 0. The van der Waals surface area contributed by atoms with Crippen molar-refractivity contribution in [3.8, 4) is 0 Å². The first kappa shape index (κ1) is 14.8. The molecule has 104 valence electrons. The van der Waals surface area contributed by atoms with Crippen molar-refractivity contribution < 1.29 is 4.39 Å². The van der Waals surface area contributed by atoms with Crippen LogP contribution in [-0.2, 0) is 6.54 Å². The second kappa shape index (κ2) is 5.77. The van der Waals surface area contributed by atoms with Crippen LogP contribution in [0.1, 0.15) is 25.0 Å². The lowest BCUT2D eigenvalue weighted by molar-refractivity contribution is 0.249. The van der Waals surface area contributed by atoms with E-state index in [0.29, 0.717) is 17.7 Å². The van der Waals surface area contributed by atoms with Gasteiger partial charge in [-0.2, -0.15) is 11.8 Å². The molecule has 2 nitrogen and oxygen atoms in total. The average Bonchev–Trinajstić information content (AvgIpc) is 2.30. The molecule has 0 radical (unpaired) electrons. The molecule has 1 saturated heterocycles. The van der Waals surface area contributed by atoms with Crippen molar-refractivity contribution in [3.63, 3.8) is 0 Å². The maximum atomic E-state index is 14.3. The van der Waals surface area contributed by atoms with Crippen molar-refractivity contribution in [2.75, 3.05) is 18.8 Å². The molecule has 1 heterocycles. The van der Waals surface area contributed by atoms with E-state index in [1.165, 1.54) is 0 Å². The quantitative estimate of drug-likeness (QED) is 0.869. The van der Waals surface area contributed by atoms with Crippen molar-refractivity contribution in [1.82, 2.24) is 4.90 Å². The molecule has 19 heavy (non-hydrogen) atoms. The summed E-state index contributed by atoms with van der Waals surface area (Å²) in [4.78, 5) is 2.41. The fraction of sp³-hybridized carbons (Fsp3) is 0.500. The van der Waals surface area contributed by atoms with Crippen LogP contribution in [0.15, 0.2) is 18.2 Å². The fourth-order valence-corrected chi connectivity index (χ4v) is 3.72. The van der Waals surface area contributed by atoms with Gasteiger partial charge in [-0.05, 0) is 19.9 Å². The van der Waals surface area contributed by atoms with Crippen LogP contribution in [0, 0.1) is 5.82 Å². The van der Waals surface area contributed by atoms with Gasteiger partial charge >= 0.3 is 0 Å². The van der Waals surface area contributed by atoms with E-state index >= 15 is 0 Å². The predicted octanol–water partition coefficient (Wildman–Crippen LogP) is 2.79. The number of thiocarbonyl (C=S) groups is 1. The third-order valence-corrected chi connectivity index (χ3v) is 4.76. The van der Waals surface area contributed by atoms with E-state index in [9.17, 15) is 4.39 Å². The number of rotatable bonds is 3. The Morgan fingerprint density at radius 2 is 2.26 bits per heavy atom. The lowest BCUT2D eigenvalue weighted by Crippen LogP contribution is -2.42. The zero-order chi connectivity index (χ0) is 14.0. The van der Waals surface area contributed by atoms with Gasteiger partial charge in [0, 0.05) is 41.3 Å². The molecular weight excluding hydrogens is 279 g/mol. The Morgan fingerprint density at radius 3 is 2.89 bits per heavy atom. The topological polar surface area (TPSA) is 29.3 Å². The zero-order valence-corrected chi connectivity index (χ0v) is 12.9. The van der Waals surface area contributed by atoms with Crippen LogP contribution in [0.25, 0.3) is 0 Å². The summed E-state index contributed by atoms with van der Waals surface area (Å²) in [6, 6.07) is 5.26. The molecule has 1 aromatic rings. The monoisotopic (exact) mass is 298 g/mol. The minimum atomic E-state index is -0.272. The summed E-state index contributed by atoms with van der Waals surface area (Å²) < 4.78 is 14.5. The SMILES string of the molecule is CC1(C)CN(Cc2cccc(C(N)=S)c2F)CCS1. The predicted molar refractivity (Wildman–Crippen MR) is 84.1 cm³/mol. The number of thioether (sulfide) groups is 1. The van der Waals surface area contributed by atoms with Crippen LogP contribution in [-0.4, -0.2) is 33.5 Å². The summed E-state index contributed by atoms with van der Waals surface area (Å²) in [5, 5.41) is 0. The van der Waals surface area contributed by atoms with E-state index in [0.717, 1.165) is 18.8 Å². The van der Waals surface area contributed by atoms with Gasteiger partial charge in [0.15, 0.2) is 0 Å². The van der Waals surface area contributed by atoms with Gasteiger partial charge in [0.2, 0.25) is 0 Å². The summed E-state index contributed by atoms with van der Waals surface area (Å²) in [5.41, 5.74) is 6.55. The first-order chi connectivity index (χ1) is 8.89. The van der Waals surface area contributed by atoms with Crippen LogP contribution >= 0.6 is 24.0 Å². The smallest absolute Gasteiger partial charge is 0.137 e. The molecule has 5 heteroatoms. The largest absolute Gasteiger partial charge is 0.389 e. The van der Waals surface area contributed by atoms with E-state index in [-0.39, 0.29) is 15.6 Å². The number of nitrogens with zero attached hydrogens (tertiary/aromatic N) is 1. The van der Waals surface area contributed by atoms with Crippen molar-refractivity contribution in [3.05, 3.63) is 35.1 Å². The van der Waals surface area contributed by atoms with E-state index in [2.05, 4.69) is 18.7 Å². The third kappa shape index (κ3) is 3.68. The number of hydrogen-bond acceptors (Lipinski definition) is 3. The molecule has 0 amide bonds. The number of nitrogens with two attached hydrogens (primary N) is 1. The maximum absolute atomic E-state index is 14.3. The number of hydrogen-bond donors (Lipinski definition) is 1. The Bertz CT molecular complexity index is 488. The van der Waals surface area contributed by atoms with E-state index in [4.69, 9.17) is 18.0 Å². The van der Waals surface area contributed by atoms with Gasteiger partial charge in [-0.3, -0.25) is 4.90 Å². The van der Waals surface area contributed by atoms with E-state index in [1.807, 2.05) is 23.9 Å². The Balaban J connectivity index is 2.15. The van der Waals surface area contributed by atoms with Gasteiger partial charge in [0.05, 0.1) is 0 Å². The van der Waals surface area contributed by atoms with Gasteiger partial charge in [-0.1, -0.05) is 24.4 Å². The van der Waals surface area contributed by atoms with Crippen LogP contribution < -0.4 is 5.73 Å². The minimum absolute atomic E-state index is 0.119. The van der Waals surface area contributed by atoms with Crippen molar-refractivity contribution >= 4 is 29.0 Å². The summed E-state index contributed by atoms with van der Waals surface area (Å²) in [6.07, 6.45) is 0. The summed E-state index contributed by atoms with van der Waals surface area (Å²) in [6.45, 7) is 7.03. The van der Waals surface area contributed by atoms with E-state index in [1.54, 1.807) is 6.07 Å². The molecule has 0 bridgehead atoms. The summed E-state index contributed by atoms with van der Waals surface area (Å²) >= 11 is 6.84. The molecular formula is C14H19FN2S2. The fourth-order valence-electron chi connectivity index (χ4n) is 2.38. The lowest BCUT2D eigenvalue weighted by atomic mass is 10.1. The molecule has 2 N–H and O–H groups in total. The standard InChI is InChI=1S/C14H19FN2S2/c1-14(2)9-17(6-7-19-14)8-10-4-3-5-11(12(10)15)13(16)18/h3-5H,6-9H2,1-2H3,(H2,16,18). The van der Waals surface area contributed by atoms with Gasteiger partial charge in [-0.25, -0.2) is 4.39 Å². The second-order valence-electron chi connectivity index (χ2n) is 5.46. The Kier molecular flexibility index (Phi) is 4.48. The van der Waals surface area contributed by atoms with Crippen LogP contribution in [0.4, 0.5) is 4.39 Å². The Hall–Kier alpha value is -0.650. The van der Waals surface area contributed by atoms with Gasteiger partial charge in [-0.15, -0.1) is 0 Å². The molecule has 0 aliphatic carbocycles. The highest BCUT2D eigenvalue weighted by Gasteiger charge is 2.27. The minimum Gasteiger partial charge on any atom is -0.389 e. The average molecular weight is 298 g/mol. The number of halogens is 1. The zero-order valence-electron chi connectivity index (χ0n) is 11.3. The molecule has 1 aromatic carbocycles. The highest BCUT2D eigenvalue weighted by molar-refractivity contribution is 8.00. The van der Waals surface area contributed by atoms with Crippen LogP contribution in [0.2, 0.25) is 0 Å². The molecule has 0 unspecified atom stereocenters. The molecule has 1 aliphatic rings. The molecule has 0 atom stereocenters. The second-order valence-corrected chi connectivity index (χ2v) is 7.70. The normalized spacial score (nSPS) is 19.3. The van der Waals surface area contributed by atoms with Crippen LogP contribution in [0.5, 0.6) is 0 Å². The van der Waals surface area contributed by atoms with Crippen molar-refractivity contribution in [2.24, 2.45) is 5.73 Å². The Labute approximate surface area is 123 Å². The molecule has 1 aliphatic heterocycles. The molecule has 1 fully saturated rings. The number of benzene rings is 1. The molecule has 0 aromatic heterocycles. The van der Waals surface area contributed by atoms with Gasteiger partial charge in [0.25, 0.3) is 0 Å². The molecule has 0 saturated carbocycles. The van der Waals surface area contributed by atoms with E-state index < -0.39 is 0 Å². The van der Waals surface area contributed by atoms with Crippen LogP contribution in [0.3, 0.4) is 0 Å². The van der Waals surface area contributed by atoms with Crippen molar-refractivity contribution in [2.45, 2.75) is 25.1 Å². The highest BCUT2D eigenvalue weighted by Crippen LogP contribution is 2.30. The Morgan fingerprint density at radius 1 is 1.53 bits per heavy atom. The van der Waals surface area contributed by atoms with Gasteiger partial charge in [0.1, 0.15) is 10.8 Å². The first-order valence-corrected chi connectivity index (χ1v) is 7.72. The van der Waals surface area contributed by atoms with Gasteiger partial charge < -0.3 is 5.73 Å².